The first-order chi connectivity index (χ1) is 4.56. The fourth-order valence-electron chi connectivity index (χ4n) is 0.556. The van der Waals surface area contributed by atoms with Gasteiger partial charge in [-0.1, -0.05) is 11.2 Å². The Bertz CT molecular complexity index is 146. The van der Waals surface area contributed by atoms with Crippen molar-refractivity contribution in [1.29, 1.82) is 0 Å². The Hall–Kier alpha value is -0.870. The third kappa shape index (κ3) is 1.82. The Morgan fingerprint density at radius 3 is 2.40 bits per heavy atom. The van der Waals surface area contributed by atoms with Gasteiger partial charge in [0.15, 0.2) is 0 Å². The molecule has 1 atom stereocenters. The fourth-order valence-corrected chi connectivity index (χ4v) is 0.556. The first-order valence-electron chi connectivity index (χ1n) is 3.01. The topological polar surface area (TPSA) is 57.5 Å². The number of quaternary nitrogens is 1. The van der Waals surface area contributed by atoms with Crippen LogP contribution in [-0.2, 0) is 0 Å². The maximum Gasteiger partial charge on any atom is 0.547 e. The molecule has 0 bridgehead atoms. The number of hydrogen-bond acceptors (Lipinski definition) is 2. The van der Waals surface area contributed by atoms with E-state index in [1.54, 1.807) is 6.92 Å². The number of nitrogens with zero attached hydrogens (tertiary/aromatic N) is 1. The van der Waals surface area contributed by atoms with Gasteiger partial charge < -0.3 is 5.11 Å². The molecule has 0 aromatic carbocycles. The molecule has 0 aliphatic rings. The van der Waals surface area contributed by atoms with Crippen LogP contribution in [0, 0.1) is 0 Å². The van der Waals surface area contributed by atoms with Gasteiger partial charge in [0.05, 0.1) is 0 Å². The minimum absolute atomic E-state index is 0.0336. The summed E-state index contributed by atoms with van der Waals surface area (Å²) in [6.45, 7) is 5.11. The molecule has 4 nitrogen and oxygen atoms in total. The van der Waals surface area contributed by atoms with Crippen LogP contribution < -0.4 is 0 Å². The summed E-state index contributed by atoms with van der Waals surface area (Å²) in [5.41, 5.74) is 0. The number of rotatable bonds is 3. The van der Waals surface area contributed by atoms with Crippen LogP contribution in [0.5, 0.6) is 0 Å². The molecule has 0 aliphatic heterocycles. The molecule has 0 aromatic rings. The molecule has 1 amide bonds. The molecule has 0 aliphatic carbocycles. The average Bonchev–Trinajstić information content (AvgIpc) is 1.88. The average molecular weight is 146 g/mol. The molecule has 2 N–H and O–H groups in total. The number of carbonyl (C=O) groups is 1. The minimum Gasteiger partial charge on any atom is -0.433 e. The molecule has 0 rings (SSSR count). The van der Waals surface area contributed by atoms with E-state index in [4.69, 9.17) is 10.3 Å². The van der Waals surface area contributed by atoms with Gasteiger partial charge in [0, 0.05) is 0 Å². The molecular weight excluding hydrogens is 134 g/mol. The number of hydrogen-bond donors (Lipinski definition) is 2. The van der Waals surface area contributed by atoms with Gasteiger partial charge >= 0.3 is 6.09 Å². The van der Waals surface area contributed by atoms with Crippen LogP contribution in [0.2, 0.25) is 0 Å². The van der Waals surface area contributed by atoms with Gasteiger partial charge in [-0.05, 0) is 13.0 Å². The van der Waals surface area contributed by atoms with Gasteiger partial charge in [0.1, 0.15) is 13.1 Å². The zero-order valence-electron chi connectivity index (χ0n) is 5.95. The molecule has 0 heterocycles. The van der Waals surface area contributed by atoms with Crippen molar-refractivity contribution >= 4 is 6.09 Å². The standard InChI is InChI=1S/C6H11NO3/c1-3-5-7(10,4-2)6(8)9/h3,10H,1,4-5H2,2H3/p+1. The SMILES string of the molecule is C=CC[N+](O)(CC)C(=O)O. The highest BCUT2D eigenvalue weighted by molar-refractivity contribution is 5.55. The Labute approximate surface area is 59.5 Å². The van der Waals surface area contributed by atoms with Crippen LogP contribution in [0.1, 0.15) is 6.92 Å². The number of carboxylic acid groups (broad SMARTS) is 1. The van der Waals surface area contributed by atoms with E-state index in [-0.39, 0.29) is 13.1 Å². The third-order valence-electron chi connectivity index (χ3n) is 1.31. The van der Waals surface area contributed by atoms with E-state index < -0.39 is 10.7 Å². The Morgan fingerprint density at radius 2 is 2.30 bits per heavy atom. The second-order valence-electron chi connectivity index (χ2n) is 1.99. The summed E-state index contributed by atoms with van der Waals surface area (Å²) in [7, 11) is 0. The zero-order valence-corrected chi connectivity index (χ0v) is 5.95. The van der Waals surface area contributed by atoms with Crippen LogP contribution in [0.25, 0.3) is 0 Å². The Balaban J connectivity index is 4.21. The van der Waals surface area contributed by atoms with E-state index in [0.29, 0.717) is 0 Å². The van der Waals surface area contributed by atoms with Crippen molar-refractivity contribution in [1.82, 2.24) is 0 Å². The maximum atomic E-state index is 10.3. The molecule has 0 radical (unpaired) electrons. The van der Waals surface area contributed by atoms with Gasteiger partial charge in [0.25, 0.3) is 0 Å². The van der Waals surface area contributed by atoms with E-state index in [1.807, 2.05) is 0 Å². The molecule has 0 saturated carbocycles. The van der Waals surface area contributed by atoms with Crippen molar-refractivity contribution in [2.75, 3.05) is 13.1 Å². The Kier molecular flexibility index (Phi) is 3.05. The Morgan fingerprint density at radius 1 is 1.80 bits per heavy atom. The van der Waals surface area contributed by atoms with Crippen LogP contribution in [0.3, 0.4) is 0 Å². The smallest absolute Gasteiger partial charge is 0.433 e. The maximum absolute atomic E-state index is 10.3. The molecule has 0 aromatic heterocycles. The number of hydroxylamine groups is 3. The summed E-state index contributed by atoms with van der Waals surface area (Å²) in [5, 5.41) is 17.6. The predicted molar refractivity (Wildman–Crippen MR) is 35.7 cm³/mol. The molecular formula is C6H12NO3+. The van der Waals surface area contributed by atoms with Crippen LogP contribution in [0.4, 0.5) is 4.79 Å². The van der Waals surface area contributed by atoms with E-state index in [1.165, 1.54) is 6.08 Å². The molecule has 0 saturated heterocycles. The molecule has 0 fully saturated rings. The second-order valence-corrected chi connectivity index (χ2v) is 1.99. The number of amides is 1. The zero-order chi connectivity index (χ0) is 8.20. The lowest BCUT2D eigenvalue weighted by Gasteiger charge is -2.19. The lowest BCUT2D eigenvalue weighted by atomic mass is 10.5. The van der Waals surface area contributed by atoms with Gasteiger partial charge in [-0.3, -0.25) is 0 Å². The summed E-state index contributed by atoms with van der Waals surface area (Å²) < 4.78 is -0.983. The van der Waals surface area contributed by atoms with Crippen molar-refractivity contribution < 1.29 is 19.8 Å². The van der Waals surface area contributed by atoms with Crippen LogP contribution in [0.15, 0.2) is 12.7 Å². The van der Waals surface area contributed by atoms with Crippen molar-refractivity contribution in [3.8, 4) is 0 Å². The van der Waals surface area contributed by atoms with Gasteiger partial charge in [-0.2, -0.15) is 4.79 Å². The first-order valence-corrected chi connectivity index (χ1v) is 3.01. The predicted octanol–water partition coefficient (Wildman–Crippen LogP) is 1.08. The highest BCUT2D eigenvalue weighted by atomic mass is 16.6. The molecule has 10 heavy (non-hydrogen) atoms. The summed E-state index contributed by atoms with van der Waals surface area (Å²) >= 11 is 0. The van der Waals surface area contributed by atoms with E-state index in [9.17, 15) is 4.79 Å². The van der Waals surface area contributed by atoms with E-state index >= 15 is 0 Å². The highest BCUT2D eigenvalue weighted by Crippen LogP contribution is 2.00. The van der Waals surface area contributed by atoms with Gasteiger partial charge in [0.2, 0.25) is 0 Å². The van der Waals surface area contributed by atoms with E-state index in [2.05, 4.69) is 6.58 Å². The molecule has 0 spiro atoms. The highest BCUT2D eigenvalue weighted by Gasteiger charge is 2.31. The van der Waals surface area contributed by atoms with Crippen molar-refractivity contribution in [3.63, 3.8) is 0 Å². The van der Waals surface area contributed by atoms with E-state index in [0.717, 1.165) is 0 Å². The number of likely N-dealkylation sites (N-methyl/N-ethyl adjacent to an activating group) is 1. The quantitative estimate of drug-likeness (QED) is 0.271. The normalized spacial score (nSPS) is 15.8. The van der Waals surface area contributed by atoms with Gasteiger partial charge in [-0.25, -0.2) is 5.21 Å². The monoisotopic (exact) mass is 146 g/mol. The minimum atomic E-state index is -1.25. The second kappa shape index (κ2) is 3.34. The summed E-state index contributed by atoms with van der Waals surface area (Å²) in [6.07, 6.45) is 0.125. The van der Waals surface area contributed by atoms with Gasteiger partial charge in [-0.15, -0.1) is 0 Å². The van der Waals surface area contributed by atoms with Crippen LogP contribution in [-0.4, -0.2) is 34.1 Å². The summed E-state index contributed by atoms with van der Waals surface area (Å²) in [5.74, 6) is 0. The summed E-state index contributed by atoms with van der Waals surface area (Å²) in [6, 6.07) is 0. The molecule has 1 unspecified atom stereocenters. The first kappa shape index (κ1) is 9.13. The lowest BCUT2D eigenvalue weighted by molar-refractivity contribution is -1.04. The summed E-state index contributed by atoms with van der Waals surface area (Å²) in [4.78, 5) is 10.3. The van der Waals surface area contributed by atoms with Crippen molar-refractivity contribution in [2.45, 2.75) is 6.92 Å². The van der Waals surface area contributed by atoms with Crippen molar-refractivity contribution in [2.24, 2.45) is 0 Å². The lowest BCUT2D eigenvalue weighted by Crippen LogP contribution is -2.48. The third-order valence-corrected chi connectivity index (χ3v) is 1.31. The largest absolute Gasteiger partial charge is 0.547 e. The van der Waals surface area contributed by atoms with Crippen LogP contribution >= 0.6 is 0 Å². The molecule has 58 valence electrons. The fraction of sp³-hybridized carbons (Fsp3) is 0.500. The van der Waals surface area contributed by atoms with Crippen molar-refractivity contribution in [3.05, 3.63) is 12.7 Å². The molecule has 4 heteroatoms.